The molecule has 0 saturated heterocycles. The van der Waals surface area contributed by atoms with Gasteiger partial charge in [-0.1, -0.05) is 33.6 Å². The topological polar surface area (TPSA) is 29.9 Å². The van der Waals surface area contributed by atoms with Gasteiger partial charge in [0.1, 0.15) is 0 Å². The van der Waals surface area contributed by atoms with Crippen LogP contribution in [0.3, 0.4) is 0 Å². The zero-order valence-electron chi connectivity index (χ0n) is 10.2. The summed E-state index contributed by atoms with van der Waals surface area (Å²) in [7, 11) is 0. The molecule has 0 bridgehead atoms. The first kappa shape index (κ1) is 12.2. The molecule has 86 valence electrons. The first-order valence-electron chi connectivity index (χ1n) is 6.01. The van der Waals surface area contributed by atoms with Gasteiger partial charge in [0, 0.05) is 19.3 Å². The molecule has 0 aliphatic heterocycles. The van der Waals surface area contributed by atoms with Gasteiger partial charge in [0.05, 0.1) is 12.0 Å². The summed E-state index contributed by atoms with van der Waals surface area (Å²) in [6, 6.07) is 0. The number of imidazole rings is 1. The molecule has 0 saturated carbocycles. The molecule has 0 aliphatic carbocycles. The first-order valence-corrected chi connectivity index (χ1v) is 6.01. The largest absolute Gasteiger partial charge is 0.337 e. The van der Waals surface area contributed by atoms with E-state index in [4.69, 9.17) is 0 Å². The molecule has 1 N–H and O–H groups in total. The molecule has 0 radical (unpaired) electrons. The molecular formula is C12H23N3. The highest BCUT2D eigenvalue weighted by molar-refractivity contribution is 4.96. The quantitative estimate of drug-likeness (QED) is 0.747. The van der Waals surface area contributed by atoms with Crippen molar-refractivity contribution in [1.29, 1.82) is 0 Å². The van der Waals surface area contributed by atoms with E-state index < -0.39 is 0 Å². The minimum absolute atomic E-state index is 0.784. The average Bonchev–Trinajstić information content (AvgIpc) is 2.70. The highest BCUT2D eigenvalue weighted by Gasteiger charge is 2.05. The smallest absolute Gasteiger partial charge is 0.0950 e. The van der Waals surface area contributed by atoms with E-state index in [2.05, 4.69) is 41.8 Å². The van der Waals surface area contributed by atoms with Crippen molar-refractivity contribution in [2.24, 2.45) is 5.92 Å². The maximum atomic E-state index is 4.38. The molecule has 0 atom stereocenters. The van der Waals surface area contributed by atoms with E-state index in [0.29, 0.717) is 0 Å². The van der Waals surface area contributed by atoms with E-state index in [1.165, 1.54) is 12.8 Å². The van der Waals surface area contributed by atoms with Crippen LogP contribution < -0.4 is 5.32 Å². The second-order valence-corrected chi connectivity index (χ2v) is 4.02. The van der Waals surface area contributed by atoms with Crippen molar-refractivity contribution in [2.75, 3.05) is 6.54 Å². The maximum absolute atomic E-state index is 4.38. The van der Waals surface area contributed by atoms with Crippen LogP contribution in [0.5, 0.6) is 0 Å². The first-order chi connectivity index (χ1) is 7.30. The Balaban J connectivity index is 2.44. The molecule has 1 aromatic heterocycles. The van der Waals surface area contributed by atoms with E-state index in [-0.39, 0.29) is 0 Å². The Bertz CT molecular complexity index is 264. The predicted octanol–water partition coefficient (Wildman–Crippen LogP) is 2.43. The van der Waals surface area contributed by atoms with Crippen LogP contribution in [0.15, 0.2) is 12.5 Å². The van der Waals surface area contributed by atoms with Gasteiger partial charge in [0.25, 0.3) is 0 Å². The van der Waals surface area contributed by atoms with Gasteiger partial charge in [0.2, 0.25) is 0 Å². The molecule has 1 aromatic rings. The Morgan fingerprint density at radius 1 is 1.33 bits per heavy atom. The maximum Gasteiger partial charge on any atom is 0.0950 e. The van der Waals surface area contributed by atoms with Gasteiger partial charge >= 0.3 is 0 Å². The summed E-state index contributed by atoms with van der Waals surface area (Å²) in [6.07, 6.45) is 6.60. The fourth-order valence-corrected chi connectivity index (χ4v) is 1.70. The lowest BCUT2D eigenvalue weighted by atomic mass is 10.0. The van der Waals surface area contributed by atoms with Gasteiger partial charge in [-0.2, -0.15) is 0 Å². The van der Waals surface area contributed by atoms with Crippen LogP contribution in [0.1, 0.15) is 39.3 Å². The Morgan fingerprint density at radius 2 is 2.07 bits per heavy atom. The van der Waals surface area contributed by atoms with Crippen LogP contribution in [-0.2, 0) is 13.1 Å². The fourth-order valence-electron chi connectivity index (χ4n) is 1.70. The molecule has 0 unspecified atom stereocenters. The Morgan fingerprint density at radius 3 is 2.67 bits per heavy atom. The van der Waals surface area contributed by atoms with E-state index in [0.717, 1.165) is 31.2 Å². The van der Waals surface area contributed by atoms with Gasteiger partial charge in [-0.05, 0) is 12.5 Å². The van der Waals surface area contributed by atoms with Crippen molar-refractivity contribution in [2.45, 2.75) is 46.7 Å². The summed E-state index contributed by atoms with van der Waals surface area (Å²) in [6.45, 7) is 9.61. The number of nitrogens with one attached hydrogen (secondary N) is 1. The number of rotatable bonds is 7. The zero-order valence-corrected chi connectivity index (χ0v) is 10.2. The number of aromatic nitrogens is 2. The van der Waals surface area contributed by atoms with Gasteiger partial charge in [-0.15, -0.1) is 0 Å². The second-order valence-electron chi connectivity index (χ2n) is 4.02. The Hall–Kier alpha value is -0.830. The van der Waals surface area contributed by atoms with Crippen molar-refractivity contribution in [3.63, 3.8) is 0 Å². The summed E-state index contributed by atoms with van der Waals surface area (Å²) in [5.41, 5.74) is 1.14. The van der Waals surface area contributed by atoms with Gasteiger partial charge in [-0.3, -0.25) is 0 Å². The minimum Gasteiger partial charge on any atom is -0.337 e. The third-order valence-electron chi connectivity index (χ3n) is 2.87. The highest BCUT2D eigenvalue weighted by Crippen LogP contribution is 2.10. The molecule has 15 heavy (non-hydrogen) atoms. The molecule has 0 fully saturated rings. The summed E-state index contributed by atoms with van der Waals surface area (Å²) in [5, 5.41) is 3.28. The van der Waals surface area contributed by atoms with Crippen molar-refractivity contribution < 1.29 is 0 Å². The molecule has 3 heteroatoms. The molecule has 0 aliphatic rings. The lowest BCUT2D eigenvalue weighted by molar-refractivity contribution is 0.418. The summed E-state index contributed by atoms with van der Waals surface area (Å²) in [5.74, 6) is 0.784. The summed E-state index contributed by atoms with van der Waals surface area (Å²) in [4.78, 5) is 4.38. The van der Waals surface area contributed by atoms with Crippen LogP contribution in [0.2, 0.25) is 0 Å². The molecule has 1 rings (SSSR count). The minimum atomic E-state index is 0.784. The van der Waals surface area contributed by atoms with Gasteiger partial charge in [0.15, 0.2) is 0 Å². The van der Waals surface area contributed by atoms with Crippen LogP contribution in [0.25, 0.3) is 0 Å². The van der Waals surface area contributed by atoms with Crippen LogP contribution >= 0.6 is 0 Å². The SMILES string of the molecule is CCNCc1cn(CC(CC)CC)cn1. The van der Waals surface area contributed by atoms with Crippen LogP contribution in [-0.4, -0.2) is 16.1 Å². The normalized spacial score (nSPS) is 11.2. The monoisotopic (exact) mass is 209 g/mol. The highest BCUT2D eigenvalue weighted by atomic mass is 15.0. The van der Waals surface area contributed by atoms with E-state index >= 15 is 0 Å². The molecule has 3 nitrogen and oxygen atoms in total. The van der Waals surface area contributed by atoms with Gasteiger partial charge < -0.3 is 9.88 Å². The molecule has 0 spiro atoms. The summed E-state index contributed by atoms with van der Waals surface area (Å²) < 4.78 is 2.21. The van der Waals surface area contributed by atoms with Gasteiger partial charge in [-0.25, -0.2) is 4.98 Å². The van der Waals surface area contributed by atoms with E-state index in [9.17, 15) is 0 Å². The average molecular weight is 209 g/mol. The van der Waals surface area contributed by atoms with E-state index in [1.807, 2.05) is 6.33 Å². The second kappa shape index (κ2) is 6.62. The van der Waals surface area contributed by atoms with Crippen molar-refractivity contribution in [3.05, 3.63) is 18.2 Å². The number of hydrogen-bond donors (Lipinski definition) is 1. The molecule has 1 heterocycles. The third kappa shape index (κ3) is 4.04. The molecule has 0 amide bonds. The molecule has 0 aromatic carbocycles. The zero-order chi connectivity index (χ0) is 11.1. The Labute approximate surface area is 92.9 Å². The Kier molecular flexibility index (Phi) is 5.40. The number of nitrogens with zero attached hydrogens (tertiary/aromatic N) is 2. The predicted molar refractivity (Wildman–Crippen MR) is 63.7 cm³/mol. The summed E-state index contributed by atoms with van der Waals surface area (Å²) >= 11 is 0. The number of hydrogen-bond acceptors (Lipinski definition) is 2. The van der Waals surface area contributed by atoms with Crippen LogP contribution in [0, 0.1) is 5.92 Å². The molecular weight excluding hydrogens is 186 g/mol. The van der Waals surface area contributed by atoms with Crippen molar-refractivity contribution >= 4 is 0 Å². The lowest BCUT2D eigenvalue weighted by Gasteiger charge is -2.12. The fraction of sp³-hybridized carbons (Fsp3) is 0.750. The van der Waals surface area contributed by atoms with Crippen LogP contribution in [0.4, 0.5) is 0 Å². The standard InChI is InChI=1S/C12H23N3/c1-4-11(5-2)8-15-9-12(14-10-15)7-13-6-3/h9-11,13H,4-8H2,1-3H3. The van der Waals surface area contributed by atoms with E-state index in [1.54, 1.807) is 0 Å². The van der Waals surface area contributed by atoms with Crippen molar-refractivity contribution in [3.8, 4) is 0 Å². The third-order valence-corrected chi connectivity index (χ3v) is 2.87. The lowest BCUT2D eigenvalue weighted by Crippen LogP contribution is -2.12. The van der Waals surface area contributed by atoms with Crippen molar-refractivity contribution in [1.82, 2.24) is 14.9 Å².